The smallest absolute Gasteiger partial charge is 0.242 e. The van der Waals surface area contributed by atoms with Crippen molar-refractivity contribution in [3.8, 4) is 5.75 Å². The molecule has 0 aliphatic heterocycles. The Balaban J connectivity index is 2.05. The number of halogens is 3. The first-order chi connectivity index (χ1) is 15.0. The molecule has 8 heteroatoms. The zero-order valence-corrected chi connectivity index (χ0v) is 21.0. The molecule has 2 rings (SSSR count). The maximum Gasteiger partial charge on any atom is 0.242 e. The molecule has 2 aromatic carbocycles. The van der Waals surface area contributed by atoms with E-state index in [1.165, 1.54) is 0 Å². The van der Waals surface area contributed by atoms with Crippen LogP contribution in [0.2, 0.25) is 15.1 Å². The van der Waals surface area contributed by atoms with Crippen LogP contribution in [0, 0.1) is 0 Å². The lowest BCUT2D eigenvalue weighted by Gasteiger charge is -2.31. The zero-order valence-electron chi connectivity index (χ0n) is 18.8. The summed E-state index contributed by atoms with van der Waals surface area (Å²) in [5, 5.41) is 4.41. The second-order valence-corrected chi connectivity index (χ2v) is 9.84. The molecule has 0 bridgehead atoms. The quantitative estimate of drug-likeness (QED) is 0.422. The molecule has 1 N–H and O–H groups in total. The molecule has 32 heavy (non-hydrogen) atoms. The summed E-state index contributed by atoms with van der Waals surface area (Å²) in [7, 11) is 0. The van der Waals surface area contributed by atoms with Crippen LogP contribution in [0.15, 0.2) is 42.5 Å². The Hall–Kier alpha value is -1.95. The number of carbonyl (C=O) groups is 2. The third kappa shape index (κ3) is 8.53. The summed E-state index contributed by atoms with van der Waals surface area (Å²) in [6.07, 6.45) is 0.745. The Morgan fingerprint density at radius 3 is 2.28 bits per heavy atom. The van der Waals surface area contributed by atoms with E-state index >= 15 is 0 Å². The predicted molar refractivity (Wildman–Crippen MR) is 131 cm³/mol. The molecule has 0 radical (unpaired) electrons. The molecule has 2 aromatic rings. The van der Waals surface area contributed by atoms with Gasteiger partial charge < -0.3 is 15.0 Å². The molecule has 0 spiro atoms. The van der Waals surface area contributed by atoms with Crippen molar-refractivity contribution in [1.29, 1.82) is 0 Å². The minimum Gasteiger partial charge on any atom is -0.494 e. The summed E-state index contributed by atoms with van der Waals surface area (Å²) < 4.78 is 5.67. The topological polar surface area (TPSA) is 58.6 Å². The van der Waals surface area contributed by atoms with Gasteiger partial charge in [-0.05, 0) is 76.1 Å². The first-order valence-electron chi connectivity index (χ1n) is 10.4. The van der Waals surface area contributed by atoms with E-state index in [1.54, 1.807) is 54.3 Å². The number of hydrogen-bond donors (Lipinski definition) is 1. The van der Waals surface area contributed by atoms with E-state index in [2.05, 4.69) is 5.32 Å². The largest absolute Gasteiger partial charge is 0.494 e. The normalized spacial score (nSPS) is 12.2. The molecule has 0 aromatic heterocycles. The monoisotopic (exact) mass is 498 g/mol. The van der Waals surface area contributed by atoms with E-state index in [4.69, 9.17) is 39.5 Å². The molecular formula is C24H29Cl3N2O3. The van der Waals surface area contributed by atoms with Crippen LogP contribution in [0.1, 0.15) is 46.1 Å². The Labute approximate surface area is 205 Å². The van der Waals surface area contributed by atoms with Crippen LogP contribution in [0.5, 0.6) is 5.75 Å². The Kier molecular flexibility index (Phi) is 9.68. The Morgan fingerprint density at radius 2 is 1.69 bits per heavy atom. The van der Waals surface area contributed by atoms with Crippen molar-refractivity contribution in [3.05, 3.63) is 63.1 Å². The van der Waals surface area contributed by atoms with E-state index in [9.17, 15) is 9.59 Å². The third-order valence-electron chi connectivity index (χ3n) is 4.62. The first kappa shape index (κ1) is 26.3. The highest BCUT2D eigenvalue weighted by Crippen LogP contribution is 2.24. The summed E-state index contributed by atoms with van der Waals surface area (Å²) in [6, 6.07) is 11.6. The highest BCUT2D eigenvalue weighted by Gasteiger charge is 2.28. The fourth-order valence-electron chi connectivity index (χ4n) is 2.98. The van der Waals surface area contributed by atoms with Crippen molar-refractivity contribution in [1.82, 2.24) is 10.2 Å². The highest BCUT2D eigenvalue weighted by molar-refractivity contribution is 6.42. The number of amides is 2. The minimum absolute atomic E-state index is 0.146. The lowest BCUT2D eigenvalue weighted by Crippen LogP contribution is -2.52. The van der Waals surface area contributed by atoms with Gasteiger partial charge in [-0.15, -0.1) is 0 Å². The summed E-state index contributed by atoms with van der Waals surface area (Å²) in [4.78, 5) is 27.4. The van der Waals surface area contributed by atoms with Crippen molar-refractivity contribution in [2.45, 2.75) is 58.7 Å². The third-order valence-corrected chi connectivity index (χ3v) is 5.61. The molecule has 0 aliphatic rings. The van der Waals surface area contributed by atoms with Gasteiger partial charge in [-0.3, -0.25) is 9.59 Å². The number of nitrogens with zero attached hydrogens (tertiary/aromatic N) is 1. The van der Waals surface area contributed by atoms with Crippen LogP contribution in [-0.4, -0.2) is 34.9 Å². The van der Waals surface area contributed by atoms with Crippen LogP contribution < -0.4 is 10.1 Å². The van der Waals surface area contributed by atoms with Gasteiger partial charge in [0.05, 0.1) is 16.7 Å². The Bertz CT molecular complexity index is 927. The number of rotatable bonds is 9. The predicted octanol–water partition coefficient (Wildman–Crippen LogP) is 6.14. The van der Waals surface area contributed by atoms with Gasteiger partial charge >= 0.3 is 0 Å². The number of hydrogen-bond acceptors (Lipinski definition) is 3. The van der Waals surface area contributed by atoms with Crippen molar-refractivity contribution in [2.75, 3.05) is 6.61 Å². The zero-order chi connectivity index (χ0) is 23.9. The van der Waals surface area contributed by atoms with Crippen molar-refractivity contribution >= 4 is 46.6 Å². The Morgan fingerprint density at radius 1 is 1.03 bits per heavy atom. The number of benzene rings is 2. The maximum atomic E-state index is 13.1. The van der Waals surface area contributed by atoms with Crippen LogP contribution in [0.4, 0.5) is 0 Å². The van der Waals surface area contributed by atoms with Crippen LogP contribution in [-0.2, 0) is 16.1 Å². The number of ether oxygens (including phenoxy) is 1. The lowest BCUT2D eigenvalue weighted by molar-refractivity contribution is -0.141. The van der Waals surface area contributed by atoms with E-state index in [1.807, 2.05) is 20.8 Å². The second-order valence-electron chi connectivity index (χ2n) is 8.59. The van der Waals surface area contributed by atoms with Gasteiger partial charge in [-0.1, -0.05) is 40.9 Å². The molecule has 0 fully saturated rings. The summed E-state index contributed by atoms with van der Waals surface area (Å²) in [6.45, 7) is 8.04. The molecule has 174 valence electrons. The van der Waals surface area contributed by atoms with Gasteiger partial charge in [0.2, 0.25) is 11.8 Å². The molecule has 0 saturated carbocycles. The summed E-state index contributed by atoms with van der Waals surface area (Å²) in [5.41, 5.74) is 0.386. The van der Waals surface area contributed by atoms with E-state index in [0.717, 1.165) is 5.56 Å². The van der Waals surface area contributed by atoms with Gasteiger partial charge in [0.15, 0.2) is 0 Å². The van der Waals surface area contributed by atoms with Gasteiger partial charge in [0.1, 0.15) is 11.8 Å². The standard InChI is InChI=1S/C24H29Cl3N2O3/c1-16(23(31)28-24(2,3)4)29(15-17-7-12-20(26)21(27)14-17)22(30)6-5-13-32-19-10-8-18(25)9-11-19/h7-12,14,16H,5-6,13,15H2,1-4H3,(H,28,31)/t16-/m0/s1. The van der Waals surface area contributed by atoms with Gasteiger partial charge in [0, 0.05) is 23.5 Å². The van der Waals surface area contributed by atoms with Crippen LogP contribution >= 0.6 is 34.8 Å². The average molecular weight is 500 g/mol. The fourth-order valence-corrected chi connectivity index (χ4v) is 3.43. The SMILES string of the molecule is C[C@@H](C(=O)NC(C)(C)C)N(Cc1ccc(Cl)c(Cl)c1)C(=O)CCCOc1ccc(Cl)cc1. The lowest BCUT2D eigenvalue weighted by atomic mass is 10.1. The first-order valence-corrected chi connectivity index (χ1v) is 11.5. The van der Waals surface area contributed by atoms with Gasteiger partial charge in [-0.2, -0.15) is 0 Å². The molecule has 0 heterocycles. The molecule has 5 nitrogen and oxygen atoms in total. The highest BCUT2D eigenvalue weighted by atomic mass is 35.5. The molecule has 0 aliphatic carbocycles. The molecule has 1 atom stereocenters. The molecular weight excluding hydrogens is 471 g/mol. The van der Waals surface area contributed by atoms with Crippen molar-refractivity contribution in [2.24, 2.45) is 0 Å². The van der Waals surface area contributed by atoms with Crippen LogP contribution in [0.25, 0.3) is 0 Å². The van der Waals surface area contributed by atoms with E-state index in [0.29, 0.717) is 33.8 Å². The maximum absolute atomic E-state index is 13.1. The van der Waals surface area contributed by atoms with Gasteiger partial charge in [0.25, 0.3) is 0 Å². The number of carbonyl (C=O) groups excluding carboxylic acids is 2. The summed E-state index contributed by atoms with van der Waals surface area (Å²) >= 11 is 18.0. The molecule has 0 saturated heterocycles. The second kappa shape index (κ2) is 11.8. The van der Waals surface area contributed by atoms with Crippen molar-refractivity contribution < 1.29 is 14.3 Å². The van der Waals surface area contributed by atoms with Crippen LogP contribution in [0.3, 0.4) is 0 Å². The van der Waals surface area contributed by atoms with E-state index < -0.39 is 11.6 Å². The van der Waals surface area contributed by atoms with E-state index in [-0.39, 0.29) is 24.8 Å². The minimum atomic E-state index is -0.659. The summed E-state index contributed by atoms with van der Waals surface area (Å²) in [5.74, 6) is 0.322. The molecule has 0 unspecified atom stereocenters. The average Bonchev–Trinajstić information content (AvgIpc) is 2.71. The van der Waals surface area contributed by atoms with Crippen molar-refractivity contribution in [3.63, 3.8) is 0 Å². The molecule has 2 amide bonds. The fraction of sp³-hybridized carbons (Fsp3) is 0.417. The number of nitrogens with one attached hydrogen (secondary N) is 1. The van der Waals surface area contributed by atoms with Gasteiger partial charge in [-0.25, -0.2) is 0 Å².